The predicted molar refractivity (Wildman–Crippen MR) is 124 cm³/mol. The summed E-state index contributed by atoms with van der Waals surface area (Å²) < 4.78 is 31.8. The van der Waals surface area contributed by atoms with Crippen LogP contribution in [0, 0.1) is 0 Å². The first-order valence-corrected chi connectivity index (χ1v) is 14.5. The molecule has 0 N–H and O–H groups in total. The molecule has 0 atom stereocenters. The lowest BCUT2D eigenvalue weighted by Crippen LogP contribution is -2.45. The van der Waals surface area contributed by atoms with E-state index in [9.17, 15) is 4.57 Å². The molecule has 0 radical (unpaired) electrons. The number of rotatable bonds is 14. The van der Waals surface area contributed by atoms with Gasteiger partial charge in [-0.05, 0) is 33.6 Å². The van der Waals surface area contributed by atoms with Crippen molar-refractivity contribution >= 4 is 26.6 Å². The van der Waals surface area contributed by atoms with E-state index in [0.717, 1.165) is 35.9 Å². The zero-order chi connectivity index (χ0) is 21.0. The van der Waals surface area contributed by atoms with Crippen LogP contribution in [0.25, 0.3) is 0 Å². The van der Waals surface area contributed by atoms with Crippen LogP contribution in [0.15, 0.2) is 60.7 Å². The summed E-state index contributed by atoms with van der Waals surface area (Å²) in [7, 11) is -5.21. The van der Waals surface area contributed by atoms with Crippen LogP contribution in [0.3, 0.4) is 0 Å². The van der Waals surface area contributed by atoms with Gasteiger partial charge >= 0.3 is 8.80 Å². The lowest BCUT2D eigenvalue weighted by molar-refractivity contribution is 0.0707. The second-order valence-electron chi connectivity index (χ2n) is 6.93. The van der Waals surface area contributed by atoms with Gasteiger partial charge in [0.2, 0.25) is 0 Å². The van der Waals surface area contributed by atoms with Gasteiger partial charge in [-0.25, -0.2) is 0 Å². The van der Waals surface area contributed by atoms with Crippen molar-refractivity contribution in [2.75, 3.05) is 26.0 Å². The van der Waals surface area contributed by atoms with Crippen molar-refractivity contribution in [3.05, 3.63) is 60.7 Å². The molecule has 2 aromatic rings. The van der Waals surface area contributed by atoms with Crippen LogP contribution < -0.4 is 10.6 Å². The molecule has 29 heavy (non-hydrogen) atoms. The number of benzene rings is 2. The van der Waals surface area contributed by atoms with Gasteiger partial charge in [-0.15, -0.1) is 0 Å². The van der Waals surface area contributed by atoms with Crippen LogP contribution >= 0.6 is 7.14 Å². The Morgan fingerprint density at radius 3 is 1.55 bits per heavy atom. The topological polar surface area (TPSA) is 44.8 Å². The van der Waals surface area contributed by atoms with Crippen LogP contribution in [0.1, 0.15) is 40.0 Å². The second-order valence-corrected chi connectivity index (χ2v) is 12.6. The Morgan fingerprint density at radius 1 is 0.690 bits per heavy atom. The normalized spacial score (nSPS) is 12.2. The zero-order valence-electron chi connectivity index (χ0n) is 18.0. The van der Waals surface area contributed by atoms with E-state index in [0.29, 0.717) is 26.0 Å². The first-order chi connectivity index (χ1) is 14.1. The summed E-state index contributed by atoms with van der Waals surface area (Å²) in [6, 6.07) is 20.6. The Hall–Kier alpha value is -1.23. The highest BCUT2D eigenvalue weighted by molar-refractivity contribution is 7.78. The molecule has 0 aromatic heterocycles. The SMILES string of the molecule is CCO[Si](CCCCCP(=O)(c1ccccc1)c1ccccc1)(OCC)OCC. The van der Waals surface area contributed by atoms with Crippen LogP contribution in [-0.4, -0.2) is 34.8 Å². The first-order valence-electron chi connectivity index (χ1n) is 10.7. The molecule has 0 fully saturated rings. The average Bonchev–Trinajstić information content (AvgIpc) is 2.75. The molecule has 0 heterocycles. The summed E-state index contributed by atoms with van der Waals surface area (Å²) in [5.74, 6) is 0. The summed E-state index contributed by atoms with van der Waals surface area (Å²) in [5, 5.41) is 1.88. The Balaban J connectivity index is 2.01. The van der Waals surface area contributed by atoms with Crippen molar-refractivity contribution in [2.24, 2.45) is 0 Å². The van der Waals surface area contributed by atoms with Crippen molar-refractivity contribution in [3.63, 3.8) is 0 Å². The molecule has 0 aliphatic heterocycles. The van der Waals surface area contributed by atoms with Gasteiger partial charge in [0.15, 0.2) is 0 Å². The highest BCUT2D eigenvalue weighted by Gasteiger charge is 2.39. The summed E-state index contributed by atoms with van der Waals surface area (Å²) >= 11 is 0. The van der Waals surface area contributed by atoms with E-state index in [4.69, 9.17) is 13.3 Å². The molecular formula is C23H35O4PSi. The summed E-state index contributed by atoms with van der Waals surface area (Å²) in [6.45, 7) is 7.75. The van der Waals surface area contributed by atoms with Gasteiger partial charge in [-0.1, -0.05) is 67.1 Å². The quantitative estimate of drug-likeness (QED) is 0.232. The predicted octanol–water partition coefficient (Wildman–Crippen LogP) is 5.22. The highest BCUT2D eigenvalue weighted by Crippen LogP contribution is 2.44. The standard InChI is InChI=1S/C23H35O4PSi/c1-4-25-29(26-5-2,27-6-3)21-15-9-14-20-28(24,22-16-10-7-11-17-22)23-18-12-8-13-19-23/h7-8,10-13,16-19H,4-6,9,14-15,20-21H2,1-3H3. The minimum absolute atomic E-state index is 0.601. The van der Waals surface area contributed by atoms with Crippen molar-refractivity contribution < 1.29 is 17.8 Å². The Bertz CT molecular complexity index is 679. The van der Waals surface area contributed by atoms with Crippen molar-refractivity contribution in [1.82, 2.24) is 0 Å². The smallest absolute Gasteiger partial charge is 0.374 e. The van der Waals surface area contributed by atoms with E-state index in [2.05, 4.69) is 0 Å². The summed E-state index contributed by atoms with van der Waals surface area (Å²) in [6.07, 6.45) is 3.50. The maximum absolute atomic E-state index is 14.0. The lowest BCUT2D eigenvalue weighted by Gasteiger charge is -2.28. The van der Waals surface area contributed by atoms with E-state index < -0.39 is 15.9 Å². The molecular weight excluding hydrogens is 399 g/mol. The number of unbranched alkanes of at least 4 members (excludes halogenated alkanes) is 2. The van der Waals surface area contributed by atoms with Crippen LogP contribution in [0.4, 0.5) is 0 Å². The second kappa shape index (κ2) is 12.5. The minimum atomic E-state index is -2.63. The molecule has 0 bridgehead atoms. The number of hydrogen-bond donors (Lipinski definition) is 0. The number of hydrogen-bond acceptors (Lipinski definition) is 4. The molecule has 0 unspecified atom stereocenters. The van der Waals surface area contributed by atoms with Crippen molar-refractivity contribution in [1.29, 1.82) is 0 Å². The van der Waals surface area contributed by atoms with E-state index >= 15 is 0 Å². The molecule has 2 rings (SSSR count). The van der Waals surface area contributed by atoms with E-state index in [1.54, 1.807) is 0 Å². The van der Waals surface area contributed by atoms with Crippen LogP contribution in [-0.2, 0) is 17.8 Å². The fraction of sp³-hybridized carbons (Fsp3) is 0.478. The fourth-order valence-corrected chi connectivity index (χ4v) is 9.08. The third-order valence-corrected chi connectivity index (χ3v) is 11.3. The highest BCUT2D eigenvalue weighted by atomic mass is 31.2. The van der Waals surface area contributed by atoms with Crippen LogP contribution in [0.2, 0.25) is 6.04 Å². The van der Waals surface area contributed by atoms with Gasteiger partial charge in [0, 0.05) is 42.6 Å². The molecule has 160 valence electrons. The van der Waals surface area contributed by atoms with Gasteiger partial charge < -0.3 is 17.8 Å². The van der Waals surface area contributed by atoms with E-state index in [-0.39, 0.29) is 0 Å². The zero-order valence-corrected chi connectivity index (χ0v) is 19.9. The van der Waals surface area contributed by atoms with Gasteiger partial charge in [-0.3, -0.25) is 0 Å². The van der Waals surface area contributed by atoms with Gasteiger partial charge in [0.25, 0.3) is 0 Å². The Kier molecular flexibility index (Phi) is 10.3. The molecule has 0 saturated heterocycles. The fourth-order valence-electron chi connectivity index (χ4n) is 3.60. The molecule has 0 amide bonds. The van der Waals surface area contributed by atoms with E-state index in [1.165, 1.54) is 0 Å². The minimum Gasteiger partial charge on any atom is -0.374 e. The van der Waals surface area contributed by atoms with Gasteiger partial charge in [0.05, 0.1) is 0 Å². The lowest BCUT2D eigenvalue weighted by atomic mass is 10.3. The Morgan fingerprint density at radius 2 is 1.14 bits per heavy atom. The van der Waals surface area contributed by atoms with E-state index in [1.807, 2.05) is 81.4 Å². The largest absolute Gasteiger partial charge is 0.500 e. The molecule has 2 aromatic carbocycles. The third kappa shape index (κ3) is 6.90. The monoisotopic (exact) mass is 434 g/mol. The maximum Gasteiger partial charge on any atom is 0.500 e. The van der Waals surface area contributed by atoms with Crippen LogP contribution in [0.5, 0.6) is 0 Å². The van der Waals surface area contributed by atoms with Crippen molar-refractivity contribution in [3.8, 4) is 0 Å². The third-order valence-electron chi connectivity index (χ3n) is 4.90. The molecule has 6 heteroatoms. The summed E-state index contributed by atoms with van der Waals surface area (Å²) in [5.41, 5.74) is 0. The maximum atomic E-state index is 14.0. The molecule has 0 spiro atoms. The van der Waals surface area contributed by atoms with Gasteiger partial charge in [0.1, 0.15) is 7.14 Å². The van der Waals surface area contributed by atoms with Crippen molar-refractivity contribution in [2.45, 2.75) is 46.1 Å². The first kappa shape index (κ1) is 24.0. The molecule has 0 saturated carbocycles. The van der Waals surface area contributed by atoms with Gasteiger partial charge in [-0.2, -0.15) is 0 Å². The average molecular weight is 435 g/mol. The molecule has 0 aliphatic rings. The summed E-state index contributed by atoms with van der Waals surface area (Å²) in [4.78, 5) is 0. The Labute approximate surface area is 177 Å². The molecule has 4 nitrogen and oxygen atoms in total. The molecule has 0 aliphatic carbocycles.